The van der Waals surface area contributed by atoms with Gasteiger partial charge in [-0.1, -0.05) is 43.3 Å². The van der Waals surface area contributed by atoms with Crippen LogP contribution in [0.1, 0.15) is 18.4 Å². The fourth-order valence-corrected chi connectivity index (χ4v) is 3.84. The Morgan fingerprint density at radius 3 is 2.62 bits per heavy atom. The summed E-state index contributed by atoms with van der Waals surface area (Å²) < 4.78 is 28.9. The molecule has 0 spiro atoms. The Labute approximate surface area is 140 Å². The number of nitrogens with one attached hydrogen (secondary N) is 1. The molecule has 8 heteroatoms. The lowest BCUT2D eigenvalue weighted by atomic mass is 10.0. The molecule has 1 atom stereocenters. The van der Waals surface area contributed by atoms with E-state index >= 15 is 0 Å². The second-order valence-corrected chi connectivity index (χ2v) is 7.27. The van der Waals surface area contributed by atoms with Gasteiger partial charge in [-0.05, 0) is 40.1 Å². The Balaban J connectivity index is 1.74. The normalized spacial score (nSPS) is 12.7. The van der Waals surface area contributed by atoms with Gasteiger partial charge in [-0.2, -0.15) is 0 Å². The Bertz CT molecular complexity index is 895. The fraction of sp³-hybridized carbons (Fsp3) is 0.188. The molecule has 0 bridgehead atoms. The highest BCUT2D eigenvalue weighted by Gasteiger charge is 2.17. The summed E-state index contributed by atoms with van der Waals surface area (Å²) >= 11 is 0. The van der Waals surface area contributed by atoms with Crippen LogP contribution in [0.5, 0.6) is 0 Å². The monoisotopic (exact) mass is 343 g/mol. The third-order valence-electron chi connectivity index (χ3n) is 3.57. The van der Waals surface area contributed by atoms with Gasteiger partial charge in [-0.3, -0.25) is 4.72 Å². The zero-order valence-electron chi connectivity index (χ0n) is 13.1. The predicted octanol–water partition coefficient (Wildman–Crippen LogP) is 2.21. The van der Waals surface area contributed by atoms with Gasteiger partial charge in [0.05, 0.1) is 17.1 Å². The van der Waals surface area contributed by atoms with Crippen LogP contribution in [0, 0.1) is 0 Å². The maximum atomic E-state index is 12.4. The first-order valence-electron chi connectivity index (χ1n) is 7.42. The molecule has 0 fully saturated rings. The van der Waals surface area contributed by atoms with Crippen molar-refractivity contribution in [2.45, 2.75) is 12.8 Å². The minimum atomic E-state index is -3.48. The number of aromatic nitrogens is 4. The van der Waals surface area contributed by atoms with E-state index in [0.717, 1.165) is 5.56 Å². The summed E-state index contributed by atoms with van der Waals surface area (Å²) in [5.74, 6) is -0.0991. The van der Waals surface area contributed by atoms with Crippen LogP contribution in [0.4, 0.5) is 5.69 Å². The topological polar surface area (TPSA) is 89.8 Å². The van der Waals surface area contributed by atoms with E-state index in [1.165, 1.54) is 11.0 Å². The van der Waals surface area contributed by atoms with Crippen LogP contribution >= 0.6 is 0 Å². The molecule has 0 saturated heterocycles. The minimum Gasteiger partial charge on any atom is -0.283 e. The van der Waals surface area contributed by atoms with Crippen molar-refractivity contribution >= 4 is 15.7 Å². The van der Waals surface area contributed by atoms with Crippen LogP contribution in [-0.4, -0.2) is 34.4 Å². The fourth-order valence-electron chi connectivity index (χ4n) is 2.42. The first-order valence-corrected chi connectivity index (χ1v) is 9.07. The van der Waals surface area contributed by atoms with Crippen molar-refractivity contribution in [3.05, 3.63) is 66.5 Å². The largest absolute Gasteiger partial charge is 0.283 e. The van der Waals surface area contributed by atoms with Gasteiger partial charge in [0.2, 0.25) is 10.0 Å². The summed E-state index contributed by atoms with van der Waals surface area (Å²) in [7, 11) is -3.48. The van der Waals surface area contributed by atoms with Gasteiger partial charge in [-0.15, -0.1) is 5.10 Å². The summed E-state index contributed by atoms with van der Waals surface area (Å²) in [6.07, 6.45) is 1.45. The molecule has 0 aliphatic carbocycles. The highest BCUT2D eigenvalue weighted by atomic mass is 32.2. The molecule has 7 nitrogen and oxygen atoms in total. The maximum absolute atomic E-state index is 12.4. The van der Waals surface area contributed by atoms with Gasteiger partial charge >= 0.3 is 0 Å². The number of sulfonamides is 1. The van der Waals surface area contributed by atoms with Gasteiger partial charge in [0.25, 0.3) is 0 Å². The highest BCUT2D eigenvalue weighted by molar-refractivity contribution is 7.92. The molecule has 1 heterocycles. The van der Waals surface area contributed by atoms with Crippen molar-refractivity contribution in [3.63, 3.8) is 0 Å². The van der Waals surface area contributed by atoms with E-state index in [1.807, 2.05) is 37.3 Å². The molecule has 3 rings (SSSR count). The molecule has 1 aromatic heterocycles. The average molecular weight is 343 g/mol. The predicted molar refractivity (Wildman–Crippen MR) is 91.4 cm³/mol. The Hall–Kier alpha value is -2.74. The lowest BCUT2D eigenvalue weighted by Crippen LogP contribution is -2.20. The second kappa shape index (κ2) is 6.79. The molecule has 0 aliphatic heterocycles. The minimum absolute atomic E-state index is 0.00607. The lowest BCUT2D eigenvalue weighted by Gasteiger charge is -2.14. The quantitative estimate of drug-likeness (QED) is 0.741. The second-order valence-electron chi connectivity index (χ2n) is 5.50. The summed E-state index contributed by atoms with van der Waals surface area (Å²) in [6.45, 7) is 1.89. The van der Waals surface area contributed by atoms with Crippen LogP contribution in [-0.2, 0) is 10.0 Å². The first kappa shape index (κ1) is 16.1. The molecule has 0 amide bonds. The molecule has 1 unspecified atom stereocenters. The Morgan fingerprint density at radius 2 is 1.92 bits per heavy atom. The highest BCUT2D eigenvalue weighted by Crippen LogP contribution is 2.20. The molecule has 2 aromatic carbocycles. The number of anilines is 1. The number of nitrogens with zero attached hydrogens (tertiary/aromatic N) is 4. The molecule has 1 N–H and O–H groups in total. The van der Waals surface area contributed by atoms with Crippen molar-refractivity contribution in [1.82, 2.24) is 20.2 Å². The van der Waals surface area contributed by atoms with E-state index in [2.05, 4.69) is 20.2 Å². The maximum Gasteiger partial charge on any atom is 0.233 e. The SMILES string of the molecule is CC(CS(=O)(=O)Nc1cccc(-n2cnnn2)c1)c1ccccc1. The van der Waals surface area contributed by atoms with E-state index in [9.17, 15) is 8.42 Å². The lowest BCUT2D eigenvalue weighted by molar-refractivity contribution is 0.595. The van der Waals surface area contributed by atoms with Crippen molar-refractivity contribution < 1.29 is 8.42 Å². The number of hydrogen-bond acceptors (Lipinski definition) is 5. The Morgan fingerprint density at radius 1 is 1.12 bits per heavy atom. The van der Waals surface area contributed by atoms with Crippen molar-refractivity contribution in [3.8, 4) is 5.69 Å². The summed E-state index contributed by atoms with van der Waals surface area (Å²) in [5.41, 5.74) is 2.14. The molecule has 124 valence electrons. The number of benzene rings is 2. The standard InChI is InChI=1S/C16H17N5O2S/c1-13(14-6-3-2-4-7-14)11-24(22,23)18-15-8-5-9-16(10-15)21-12-17-19-20-21/h2-10,12-13,18H,11H2,1H3. The third kappa shape index (κ3) is 3.96. The van der Waals surface area contributed by atoms with E-state index in [0.29, 0.717) is 11.4 Å². The summed E-state index contributed by atoms with van der Waals surface area (Å²) in [5, 5.41) is 10.9. The number of hydrogen-bond donors (Lipinski definition) is 1. The van der Waals surface area contributed by atoms with Crippen LogP contribution < -0.4 is 4.72 Å². The smallest absolute Gasteiger partial charge is 0.233 e. The molecule has 24 heavy (non-hydrogen) atoms. The first-order chi connectivity index (χ1) is 11.5. The van der Waals surface area contributed by atoms with Gasteiger partial charge in [0.15, 0.2) is 0 Å². The van der Waals surface area contributed by atoms with Crippen LogP contribution in [0.2, 0.25) is 0 Å². The van der Waals surface area contributed by atoms with Crippen molar-refractivity contribution in [2.24, 2.45) is 0 Å². The molecule has 0 aliphatic rings. The van der Waals surface area contributed by atoms with Crippen LogP contribution in [0.3, 0.4) is 0 Å². The van der Waals surface area contributed by atoms with E-state index in [-0.39, 0.29) is 11.7 Å². The molecule has 0 radical (unpaired) electrons. The zero-order chi connectivity index (χ0) is 17.0. The molecular formula is C16H17N5O2S. The van der Waals surface area contributed by atoms with Crippen molar-refractivity contribution in [1.29, 1.82) is 0 Å². The number of rotatable bonds is 6. The zero-order valence-corrected chi connectivity index (χ0v) is 13.9. The van der Waals surface area contributed by atoms with Gasteiger partial charge in [0, 0.05) is 0 Å². The summed E-state index contributed by atoms with van der Waals surface area (Å²) in [4.78, 5) is 0. The average Bonchev–Trinajstić information content (AvgIpc) is 3.09. The molecule has 0 saturated carbocycles. The van der Waals surface area contributed by atoms with Gasteiger partial charge < -0.3 is 0 Å². The molecular weight excluding hydrogens is 326 g/mol. The Kier molecular flexibility index (Phi) is 4.57. The van der Waals surface area contributed by atoms with E-state index < -0.39 is 10.0 Å². The van der Waals surface area contributed by atoms with Gasteiger partial charge in [-0.25, -0.2) is 13.1 Å². The molecule has 3 aromatic rings. The summed E-state index contributed by atoms with van der Waals surface area (Å²) in [6, 6.07) is 16.5. The number of tetrazole rings is 1. The van der Waals surface area contributed by atoms with Gasteiger partial charge in [0.1, 0.15) is 6.33 Å². The van der Waals surface area contributed by atoms with E-state index in [1.54, 1.807) is 24.3 Å². The van der Waals surface area contributed by atoms with Crippen LogP contribution in [0.25, 0.3) is 5.69 Å². The van der Waals surface area contributed by atoms with Crippen molar-refractivity contribution in [2.75, 3.05) is 10.5 Å². The van der Waals surface area contributed by atoms with E-state index in [4.69, 9.17) is 0 Å². The van der Waals surface area contributed by atoms with Crippen LogP contribution in [0.15, 0.2) is 60.9 Å². The third-order valence-corrected chi connectivity index (χ3v) is 5.06.